The molecule has 4 rings (SSSR count). The zero-order valence-electron chi connectivity index (χ0n) is 15.6. The number of hydrogen-bond donors (Lipinski definition) is 2. The molecule has 0 aliphatic carbocycles. The molecule has 1 aromatic carbocycles. The lowest BCUT2D eigenvalue weighted by Crippen LogP contribution is -2.34. The highest BCUT2D eigenvalue weighted by Gasteiger charge is 2.19. The molecule has 1 aliphatic rings. The SMILES string of the molecule is C=CC(=O)N(C)Cc1csc(NCc2ccc3cc4n(c3c2)CCNC4=O)n1. The van der Waals surface area contributed by atoms with E-state index in [0.717, 1.165) is 33.8 Å². The molecule has 2 N–H and O–H groups in total. The smallest absolute Gasteiger partial charge is 0.268 e. The van der Waals surface area contributed by atoms with Crippen LogP contribution in [0.15, 0.2) is 42.3 Å². The average Bonchev–Trinajstić information content (AvgIpc) is 3.30. The van der Waals surface area contributed by atoms with Gasteiger partial charge >= 0.3 is 0 Å². The van der Waals surface area contributed by atoms with E-state index in [1.54, 1.807) is 11.9 Å². The largest absolute Gasteiger partial charge is 0.357 e. The Morgan fingerprint density at radius 2 is 2.32 bits per heavy atom. The van der Waals surface area contributed by atoms with Gasteiger partial charge in [0.1, 0.15) is 5.69 Å². The standard InChI is InChI=1S/C20H21N5O2S/c1-3-18(26)24(2)11-15-12-28-20(23-15)22-10-13-4-5-14-9-17-19(27)21-6-7-25(17)16(14)8-13/h3-5,8-9,12H,1,6-7,10-11H2,2H3,(H,21,27)(H,22,23). The quantitative estimate of drug-likeness (QED) is 0.629. The molecule has 8 heteroatoms. The lowest BCUT2D eigenvalue weighted by molar-refractivity contribution is -0.125. The number of hydrogen-bond acceptors (Lipinski definition) is 5. The van der Waals surface area contributed by atoms with Gasteiger partial charge in [-0.1, -0.05) is 18.7 Å². The molecule has 1 aliphatic heterocycles. The maximum Gasteiger partial charge on any atom is 0.268 e. The van der Waals surface area contributed by atoms with Gasteiger partial charge in [-0.15, -0.1) is 11.3 Å². The highest BCUT2D eigenvalue weighted by Crippen LogP contribution is 2.24. The van der Waals surface area contributed by atoms with Gasteiger partial charge in [-0.2, -0.15) is 0 Å². The van der Waals surface area contributed by atoms with Crippen LogP contribution in [0.5, 0.6) is 0 Å². The molecule has 28 heavy (non-hydrogen) atoms. The van der Waals surface area contributed by atoms with Gasteiger partial charge in [0.25, 0.3) is 5.91 Å². The van der Waals surface area contributed by atoms with Crippen molar-refractivity contribution >= 4 is 39.2 Å². The molecule has 0 saturated carbocycles. The van der Waals surface area contributed by atoms with Gasteiger partial charge in [0, 0.05) is 43.0 Å². The second-order valence-electron chi connectivity index (χ2n) is 6.73. The minimum Gasteiger partial charge on any atom is -0.357 e. The summed E-state index contributed by atoms with van der Waals surface area (Å²) < 4.78 is 2.08. The summed E-state index contributed by atoms with van der Waals surface area (Å²) in [5.74, 6) is -0.141. The fraction of sp³-hybridized carbons (Fsp3) is 0.250. The number of carbonyl (C=O) groups is 2. The Morgan fingerprint density at radius 1 is 1.46 bits per heavy atom. The summed E-state index contributed by atoms with van der Waals surface area (Å²) in [7, 11) is 1.73. The van der Waals surface area contributed by atoms with Gasteiger partial charge in [-0.25, -0.2) is 4.98 Å². The number of benzene rings is 1. The molecule has 7 nitrogen and oxygen atoms in total. The molecule has 0 radical (unpaired) electrons. The van der Waals surface area contributed by atoms with Crippen molar-refractivity contribution in [2.75, 3.05) is 18.9 Å². The first-order chi connectivity index (χ1) is 13.5. The summed E-state index contributed by atoms with van der Waals surface area (Å²) in [6, 6.07) is 8.17. The van der Waals surface area contributed by atoms with Crippen LogP contribution in [0.25, 0.3) is 10.9 Å². The maximum absolute atomic E-state index is 12.0. The molecular formula is C20H21N5O2S. The Hall–Kier alpha value is -3.13. The molecule has 2 aromatic heterocycles. The Bertz CT molecular complexity index is 1070. The minimum absolute atomic E-state index is 0.0163. The third-order valence-electron chi connectivity index (χ3n) is 4.77. The summed E-state index contributed by atoms with van der Waals surface area (Å²) >= 11 is 1.51. The zero-order chi connectivity index (χ0) is 19.7. The number of anilines is 1. The van der Waals surface area contributed by atoms with Gasteiger partial charge in [0.05, 0.1) is 12.2 Å². The molecule has 0 bridgehead atoms. The van der Waals surface area contributed by atoms with Crippen LogP contribution in [0, 0.1) is 0 Å². The van der Waals surface area contributed by atoms with E-state index >= 15 is 0 Å². The fourth-order valence-corrected chi connectivity index (χ4v) is 4.03. The van der Waals surface area contributed by atoms with Crippen molar-refractivity contribution in [2.24, 2.45) is 0 Å². The summed E-state index contributed by atoms with van der Waals surface area (Å²) in [5, 5.41) is 10.0. The van der Waals surface area contributed by atoms with Gasteiger partial charge < -0.3 is 20.1 Å². The van der Waals surface area contributed by atoms with Crippen molar-refractivity contribution in [1.82, 2.24) is 19.8 Å². The van der Waals surface area contributed by atoms with Crippen LogP contribution in [0.3, 0.4) is 0 Å². The van der Waals surface area contributed by atoms with Gasteiger partial charge in [-0.3, -0.25) is 9.59 Å². The summed E-state index contributed by atoms with van der Waals surface area (Å²) in [6.45, 7) is 6.02. The van der Waals surface area contributed by atoms with E-state index in [9.17, 15) is 9.59 Å². The number of rotatable bonds is 6. The molecule has 0 unspecified atom stereocenters. The van der Waals surface area contributed by atoms with E-state index in [1.807, 2.05) is 17.5 Å². The Kier molecular flexibility index (Phi) is 4.87. The summed E-state index contributed by atoms with van der Waals surface area (Å²) in [6.07, 6.45) is 1.30. The average molecular weight is 395 g/mol. The summed E-state index contributed by atoms with van der Waals surface area (Å²) in [4.78, 5) is 29.7. The number of aromatic nitrogens is 2. The van der Waals surface area contributed by atoms with Crippen LogP contribution in [-0.4, -0.2) is 39.9 Å². The van der Waals surface area contributed by atoms with Crippen LogP contribution in [0.1, 0.15) is 21.7 Å². The molecule has 3 heterocycles. The molecule has 3 aromatic rings. The molecule has 0 spiro atoms. The monoisotopic (exact) mass is 395 g/mol. The number of fused-ring (bicyclic) bond motifs is 3. The Balaban J connectivity index is 1.45. The van der Waals surface area contributed by atoms with Crippen LogP contribution < -0.4 is 10.6 Å². The van der Waals surface area contributed by atoms with E-state index < -0.39 is 0 Å². The first kappa shape index (κ1) is 18.2. The number of likely N-dealkylation sites (N-methyl/N-ethyl adjacent to an activating group) is 1. The van der Waals surface area contributed by atoms with Crippen LogP contribution in [0.4, 0.5) is 5.13 Å². The van der Waals surface area contributed by atoms with E-state index in [2.05, 4.69) is 38.9 Å². The van der Waals surface area contributed by atoms with Gasteiger partial charge in [-0.05, 0) is 23.8 Å². The van der Waals surface area contributed by atoms with Crippen molar-refractivity contribution in [2.45, 2.75) is 19.6 Å². The number of carbonyl (C=O) groups excluding carboxylic acids is 2. The molecule has 0 atom stereocenters. The summed E-state index contributed by atoms with van der Waals surface area (Å²) in [5.41, 5.74) is 3.75. The van der Waals surface area contributed by atoms with Gasteiger partial charge in [0.2, 0.25) is 5.91 Å². The van der Waals surface area contributed by atoms with Gasteiger partial charge in [0.15, 0.2) is 5.13 Å². The zero-order valence-corrected chi connectivity index (χ0v) is 16.4. The third kappa shape index (κ3) is 3.50. The van der Waals surface area contributed by atoms with Crippen molar-refractivity contribution in [3.05, 3.63) is 59.3 Å². The van der Waals surface area contributed by atoms with Crippen LogP contribution in [0.2, 0.25) is 0 Å². The van der Waals surface area contributed by atoms with E-state index in [-0.39, 0.29) is 11.8 Å². The Morgan fingerprint density at radius 3 is 3.14 bits per heavy atom. The lowest BCUT2D eigenvalue weighted by Gasteiger charge is -2.16. The highest BCUT2D eigenvalue weighted by molar-refractivity contribution is 7.13. The van der Waals surface area contributed by atoms with E-state index in [1.165, 1.54) is 17.4 Å². The number of amides is 2. The normalized spacial score (nSPS) is 13.1. The lowest BCUT2D eigenvalue weighted by atomic mass is 10.1. The maximum atomic E-state index is 12.0. The van der Waals surface area contributed by atoms with Crippen molar-refractivity contribution in [1.29, 1.82) is 0 Å². The Labute approximate surface area is 166 Å². The number of nitrogens with one attached hydrogen (secondary N) is 2. The first-order valence-electron chi connectivity index (χ1n) is 9.01. The predicted octanol–water partition coefficient (Wildman–Crippen LogP) is 2.60. The minimum atomic E-state index is -0.125. The first-order valence-corrected chi connectivity index (χ1v) is 9.89. The van der Waals surface area contributed by atoms with Crippen molar-refractivity contribution in [3.63, 3.8) is 0 Å². The topological polar surface area (TPSA) is 79.3 Å². The second-order valence-corrected chi connectivity index (χ2v) is 7.58. The predicted molar refractivity (Wildman–Crippen MR) is 110 cm³/mol. The van der Waals surface area contributed by atoms with Crippen LogP contribution in [-0.2, 0) is 24.4 Å². The fourth-order valence-electron chi connectivity index (χ4n) is 3.33. The molecule has 0 saturated heterocycles. The molecule has 2 amide bonds. The molecular weight excluding hydrogens is 374 g/mol. The third-order valence-corrected chi connectivity index (χ3v) is 5.62. The van der Waals surface area contributed by atoms with Crippen molar-refractivity contribution in [3.8, 4) is 0 Å². The van der Waals surface area contributed by atoms with Crippen molar-refractivity contribution < 1.29 is 9.59 Å². The second kappa shape index (κ2) is 7.47. The van der Waals surface area contributed by atoms with E-state index in [0.29, 0.717) is 25.3 Å². The molecule has 0 fully saturated rings. The highest BCUT2D eigenvalue weighted by atomic mass is 32.1. The number of nitrogens with zero attached hydrogens (tertiary/aromatic N) is 3. The van der Waals surface area contributed by atoms with E-state index in [4.69, 9.17) is 0 Å². The molecule has 144 valence electrons. The van der Waals surface area contributed by atoms with Crippen LogP contribution >= 0.6 is 11.3 Å². The number of thiazole rings is 1.